The molecule has 0 radical (unpaired) electrons. The maximum Gasteiger partial charge on any atom is -0.00399 e. The van der Waals surface area contributed by atoms with Crippen molar-refractivity contribution >= 4 is 0 Å². The lowest BCUT2D eigenvalue weighted by atomic mass is 10.2. The predicted molar refractivity (Wildman–Crippen MR) is 37.6 cm³/mol. The minimum Gasteiger partial charge on any atom is -0.330 e. The van der Waals surface area contributed by atoms with Crippen LogP contribution in [-0.4, -0.2) is 6.54 Å². The van der Waals surface area contributed by atoms with Crippen LogP contribution < -0.4 is 5.73 Å². The molecule has 0 heterocycles. The lowest BCUT2D eigenvalue weighted by molar-refractivity contribution is 0.951. The SMILES string of the molecule is C=CC=C(C)CCN. The first-order valence-electron chi connectivity index (χ1n) is 2.79. The van der Waals surface area contributed by atoms with Crippen LogP contribution in [0.4, 0.5) is 0 Å². The third kappa shape index (κ3) is 3.62. The molecular weight excluding hydrogens is 98.1 g/mol. The summed E-state index contributed by atoms with van der Waals surface area (Å²) in [5.74, 6) is 0. The number of allylic oxidation sites excluding steroid dienone is 2. The van der Waals surface area contributed by atoms with Crippen LogP contribution in [0.5, 0.6) is 0 Å². The Morgan fingerprint density at radius 2 is 2.38 bits per heavy atom. The molecule has 0 bridgehead atoms. The van der Waals surface area contributed by atoms with Gasteiger partial charge in [-0.2, -0.15) is 0 Å². The molecule has 8 heavy (non-hydrogen) atoms. The maximum absolute atomic E-state index is 5.28. The number of hydrogen-bond acceptors (Lipinski definition) is 1. The van der Waals surface area contributed by atoms with E-state index in [1.807, 2.05) is 6.08 Å². The van der Waals surface area contributed by atoms with Crippen molar-refractivity contribution in [1.82, 2.24) is 0 Å². The molecule has 0 atom stereocenters. The summed E-state index contributed by atoms with van der Waals surface area (Å²) < 4.78 is 0. The lowest BCUT2D eigenvalue weighted by Crippen LogP contribution is -1.97. The third-order valence-electron chi connectivity index (χ3n) is 0.941. The molecule has 1 heteroatoms. The average Bonchev–Trinajstić information content (AvgIpc) is 1.68. The minimum absolute atomic E-state index is 0.732. The van der Waals surface area contributed by atoms with E-state index in [2.05, 4.69) is 13.5 Å². The van der Waals surface area contributed by atoms with Gasteiger partial charge in [0.15, 0.2) is 0 Å². The van der Waals surface area contributed by atoms with Gasteiger partial charge >= 0.3 is 0 Å². The zero-order valence-corrected chi connectivity index (χ0v) is 5.35. The first-order chi connectivity index (χ1) is 3.81. The molecule has 0 rings (SSSR count). The van der Waals surface area contributed by atoms with Gasteiger partial charge in [0, 0.05) is 0 Å². The van der Waals surface area contributed by atoms with Gasteiger partial charge in [0.25, 0.3) is 0 Å². The molecule has 0 unspecified atom stereocenters. The smallest absolute Gasteiger partial charge is 0.00399 e. The second kappa shape index (κ2) is 4.60. The van der Waals surface area contributed by atoms with Crippen molar-refractivity contribution in [3.8, 4) is 0 Å². The largest absolute Gasteiger partial charge is 0.330 e. The Kier molecular flexibility index (Phi) is 4.27. The molecule has 2 N–H and O–H groups in total. The fourth-order valence-electron chi connectivity index (χ4n) is 0.512. The van der Waals surface area contributed by atoms with Crippen molar-refractivity contribution in [3.63, 3.8) is 0 Å². The molecule has 0 spiro atoms. The molecule has 0 aliphatic carbocycles. The van der Waals surface area contributed by atoms with E-state index in [4.69, 9.17) is 5.73 Å². The van der Waals surface area contributed by atoms with Crippen LogP contribution in [0.2, 0.25) is 0 Å². The topological polar surface area (TPSA) is 26.0 Å². The van der Waals surface area contributed by atoms with E-state index in [0.717, 1.165) is 13.0 Å². The molecule has 0 saturated carbocycles. The van der Waals surface area contributed by atoms with Gasteiger partial charge in [-0.05, 0) is 19.9 Å². The minimum atomic E-state index is 0.732. The molecule has 0 aromatic rings. The fourth-order valence-corrected chi connectivity index (χ4v) is 0.512. The summed E-state index contributed by atoms with van der Waals surface area (Å²) >= 11 is 0. The van der Waals surface area contributed by atoms with Gasteiger partial charge in [-0.3, -0.25) is 0 Å². The van der Waals surface area contributed by atoms with Crippen molar-refractivity contribution in [3.05, 3.63) is 24.3 Å². The zero-order chi connectivity index (χ0) is 6.41. The second-order valence-corrected chi connectivity index (χ2v) is 1.79. The highest BCUT2D eigenvalue weighted by Crippen LogP contribution is 1.95. The summed E-state index contributed by atoms with van der Waals surface area (Å²) in [5.41, 5.74) is 6.58. The highest BCUT2D eigenvalue weighted by atomic mass is 14.5. The summed E-state index contributed by atoms with van der Waals surface area (Å²) in [6.45, 7) is 6.35. The molecule has 0 aliphatic rings. The Morgan fingerprint density at radius 3 is 2.75 bits per heavy atom. The molecule has 0 saturated heterocycles. The summed E-state index contributed by atoms with van der Waals surface area (Å²) in [4.78, 5) is 0. The van der Waals surface area contributed by atoms with E-state index in [1.54, 1.807) is 6.08 Å². The highest BCUT2D eigenvalue weighted by molar-refractivity contribution is 5.07. The van der Waals surface area contributed by atoms with E-state index < -0.39 is 0 Å². The van der Waals surface area contributed by atoms with Crippen molar-refractivity contribution < 1.29 is 0 Å². The third-order valence-corrected chi connectivity index (χ3v) is 0.941. The van der Waals surface area contributed by atoms with Crippen LogP contribution >= 0.6 is 0 Å². The van der Waals surface area contributed by atoms with Crippen LogP contribution in [0.15, 0.2) is 24.3 Å². The summed E-state index contributed by atoms with van der Waals surface area (Å²) in [7, 11) is 0. The normalized spacial score (nSPS) is 11.5. The fraction of sp³-hybridized carbons (Fsp3) is 0.429. The standard InChI is InChI=1S/C7H13N/c1-3-4-7(2)5-6-8/h3-4H,1,5-6,8H2,2H3. The van der Waals surface area contributed by atoms with Gasteiger partial charge in [0.1, 0.15) is 0 Å². The van der Waals surface area contributed by atoms with Gasteiger partial charge in [-0.25, -0.2) is 0 Å². The molecule has 0 aromatic carbocycles. The molecule has 0 aromatic heterocycles. The van der Waals surface area contributed by atoms with Crippen LogP contribution in [-0.2, 0) is 0 Å². The van der Waals surface area contributed by atoms with Crippen molar-refractivity contribution in [2.24, 2.45) is 5.73 Å². The Hall–Kier alpha value is -0.560. The van der Waals surface area contributed by atoms with E-state index in [1.165, 1.54) is 5.57 Å². The zero-order valence-electron chi connectivity index (χ0n) is 5.35. The van der Waals surface area contributed by atoms with E-state index in [0.29, 0.717) is 0 Å². The number of hydrogen-bond donors (Lipinski definition) is 1. The Labute approximate surface area is 50.9 Å². The average molecular weight is 111 g/mol. The predicted octanol–water partition coefficient (Wildman–Crippen LogP) is 1.47. The van der Waals surface area contributed by atoms with Gasteiger partial charge in [-0.1, -0.05) is 24.3 Å². The van der Waals surface area contributed by atoms with Crippen molar-refractivity contribution in [2.75, 3.05) is 6.54 Å². The molecule has 0 aliphatic heterocycles. The molecule has 0 amide bonds. The number of nitrogens with two attached hydrogens (primary N) is 1. The molecule has 46 valence electrons. The summed E-state index contributed by atoms with van der Waals surface area (Å²) in [5, 5.41) is 0. The van der Waals surface area contributed by atoms with Crippen molar-refractivity contribution in [2.45, 2.75) is 13.3 Å². The van der Waals surface area contributed by atoms with E-state index >= 15 is 0 Å². The van der Waals surface area contributed by atoms with Gasteiger partial charge < -0.3 is 5.73 Å². The first kappa shape index (κ1) is 7.44. The first-order valence-corrected chi connectivity index (χ1v) is 2.79. The molecule has 0 fully saturated rings. The summed E-state index contributed by atoms with van der Waals surface area (Å²) in [6.07, 6.45) is 4.74. The second-order valence-electron chi connectivity index (χ2n) is 1.79. The van der Waals surface area contributed by atoms with Gasteiger partial charge in [0.05, 0.1) is 0 Å². The molecule has 1 nitrogen and oxygen atoms in total. The van der Waals surface area contributed by atoms with E-state index in [-0.39, 0.29) is 0 Å². The monoisotopic (exact) mass is 111 g/mol. The number of rotatable bonds is 3. The van der Waals surface area contributed by atoms with Crippen molar-refractivity contribution in [1.29, 1.82) is 0 Å². The quantitative estimate of drug-likeness (QED) is 0.548. The van der Waals surface area contributed by atoms with Gasteiger partial charge in [0.2, 0.25) is 0 Å². The Bertz CT molecular complexity index is 92.6. The van der Waals surface area contributed by atoms with E-state index in [9.17, 15) is 0 Å². The lowest BCUT2D eigenvalue weighted by Gasteiger charge is -1.91. The Balaban J connectivity index is 3.44. The Morgan fingerprint density at radius 1 is 1.75 bits per heavy atom. The van der Waals surface area contributed by atoms with Crippen LogP contribution in [0.3, 0.4) is 0 Å². The highest BCUT2D eigenvalue weighted by Gasteiger charge is 1.81. The van der Waals surface area contributed by atoms with Gasteiger partial charge in [-0.15, -0.1) is 0 Å². The molecular formula is C7H13N. The van der Waals surface area contributed by atoms with Crippen LogP contribution in [0.1, 0.15) is 13.3 Å². The maximum atomic E-state index is 5.28. The van der Waals surface area contributed by atoms with Crippen LogP contribution in [0.25, 0.3) is 0 Å². The summed E-state index contributed by atoms with van der Waals surface area (Å²) in [6, 6.07) is 0. The van der Waals surface area contributed by atoms with Crippen LogP contribution in [0, 0.1) is 0 Å².